The second-order valence-electron chi connectivity index (χ2n) is 6.52. The van der Waals surface area contributed by atoms with E-state index in [9.17, 15) is 13.2 Å². The van der Waals surface area contributed by atoms with Crippen molar-refractivity contribution in [1.82, 2.24) is 9.97 Å². The highest BCUT2D eigenvalue weighted by atomic mass is 32.2. The third-order valence-electron chi connectivity index (χ3n) is 4.45. The Hall–Kier alpha value is -3.63. The molecule has 3 N–H and O–H groups in total. The number of para-hydroxylation sites is 1. The summed E-state index contributed by atoms with van der Waals surface area (Å²) < 4.78 is 27.4. The van der Waals surface area contributed by atoms with E-state index < -0.39 is 10.0 Å². The maximum absolute atomic E-state index is 13.0. The summed E-state index contributed by atoms with van der Waals surface area (Å²) in [6, 6.07) is 18.5. The highest BCUT2D eigenvalue weighted by molar-refractivity contribution is 7.94. The van der Waals surface area contributed by atoms with Gasteiger partial charge in [-0.25, -0.2) is 18.2 Å². The molecule has 158 valence electrons. The number of nitrogens with zero attached hydrogens (tertiary/aromatic N) is 2. The zero-order chi connectivity index (χ0) is 21.8. The molecule has 0 aliphatic rings. The molecule has 8 nitrogen and oxygen atoms in total. The van der Waals surface area contributed by atoms with Crippen LogP contribution in [0.15, 0.2) is 83.3 Å². The molecule has 31 heavy (non-hydrogen) atoms. The molecule has 4 aromatic rings. The number of imidazole rings is 1. The van der Waals surface area contributed by atoms with Crippen LogP contribution >= 0.6 is 11.3 Å². The SMILES string of the molecule is CN(c1ccc(NC(=O)Nc2ccccc2)cc1)S(=O)(=O)c1ccc(-c2ncc[nH]2)s1. The zero-order valence-electron chi connectivity index (χ0n) is 16.4. The van der Waals surface area contributed by atoms with Crippen molar-refractivity contribution in [2.75, 3.05) is 22.0 Å². The summed E-state index contributed by atoms with van der Waals surface area (Å²) in [6.07, 6.45) is 3.30. The molecule has 2 aromatic heterocycles. The number of benzene rings is 2. The Morgan fingerprint density at radius 2 is 1.65 bits per heavy atom. The van der Waals surface area contributed by atoms with Crippen molar-refractivity contribution >= 4 is 44.5 Å². The highest BCUT2D eigenvalue weighted by Crippen LogP contribution is 2.32. The van der Waals surface area contributed by atoms with Gasteiger partial charge >= 0.3 is 6.03 Å². The van der Waals surface area contributed by atoms with Gasteiger partial charge in [-0.15, -0.1) is 11.3 Å². The molecule has 2 amide bonds. The number of carbonyl (C=O) groups is 1. The van der Waals surface area contributed by atoms with Crippen LogP contribution in [0, 0.1) is 0 Å². The molecule has 0 fully saturated rings. The van der Waals surface area contributed by atoms with Crippen molar-refractivity contribution in [2.45, 2.75) is 4.21 Å². The number of hydrogen-bond donors (Lipinski definition) is 3. The number of hydrogen-bond acceptors (Lipinski definition) is 5. The molecule has 0 atom stereocenters. The van der Waals surface area contributed by atoms with Gasteiger partial charge in [0.25, 0.3) is 10.0 Å². The first-order valence-electron chi connectivity index (χ1n) is 9.25. The van der Waals surface area contributed by atoms with E-state index in [2.05, 4.69) is 20.6 Å². The minimum atomic E-state index is -3.73. The molecule has 0 aliphatic heterocycles. The van der Waals surface area contributed by atoms with Crippen molar-refractivity contribution in [1.29, 1.82) is 0 Å². The summed E-state index contributed by atoms with van der Waals surface area (Å²) in [5.41, 5.74) is 1.69. The highest BCUT2D eigenvalue weighted by Gasteiger charge is 2.24. The summed E-state index contributed by atoms with van der Waals surface area (Å²) >= 11 is 1.14. The number of anilines is 3. The predicted octanol–water partition coefficient (Wildman–Crippen LogP) is 4.61. The third kappa shape index (κ3) is 4.60. The minimum Gasteiger partial charge on any atom is -0.344 e. The van der Waals surface area contributed by atoms with Gasteiger partial charge in [0.2, 0.25) is 0 Å². The monoisotopic (exact) mass is 453 g/mol. The number of aromatic nitrogens is 2. The van der Waals surface area contributed by atoms with Crippen LogP contribution in [-0.2, 0) is 10.0 Å². The Kier molecular flexibility index (Phi) is 5.74. The number of sulfonamides is 1. The molecule has 4 rings (SSSR count). The number of carbonyl (C=O) groups excluding carboxylic acids is 1. The van der Waals surface area contributed by atoms with Crippen LogP contribution in [-0.4, -0.2) is 31.5 Å². The molecule has 0 saturated heterocycles. The Morgan fingerprint density at radius 3 is 2.29 bits per heavy atom. The van der Waals surface area contributed by atoms with Crippen molar-refractivity contribution in [3.8, 4) is 10.7 Å². The molecule has 0 unspecified atom stereocenters. The maximum Gasteiger partial charge on any atom is 0.323 e. The van der Waals surface area contributed by atoms with Gasteiger partial charge in [-0.1, -0.05) is 18.2 Å². The molecule has 0 radical (unpaired) electrons. The van der Waals surface area contributed by atoms with Crippen LogP contribution in [0.3, 0.4) is 0 Å². The van der Waals surface area contributed by atoms with Crippen molar-refractivity contribution in [2.24, 2.45) is 0 Å². The lowest BCUT2D eigenvalue weighted by Crippen LogP contribution is -2.25. The van der Waals surface area contributed by atoms with E-state index in [1.807, 2.05) is 18.2 Å². The fraction of sp³-hybridized carbons (Fsp3) is 0.0476. The first kappa shape index (κ1) is 20.6. The Labute approximate surface area is 183 Å². The Morgan fingerprint density at radius 1 is 0.968 bits per heavy atom. The molecule has 0 spiro atoms. The van der Waals surface area contributed by atoms with E-state index >= 15 is 0 Å². The van der Waals surface area contributed by atoms with E-state index in [4.69, 9.17) is 0 Å². The largest absolute Gasteiger partial charge is 0.344 e. The number of nitrogens with one attached hydrogen (secondary N) is 3. The fourth-order valence-corrected chi connectivity index (χ4v) is 5.46. The van der Waals surface area contributed by atoms with Gasteiger partial charge in [0.15, 0.2) is 0 Å². The van der Waals surface area contributed by atoms with Crippen molar-refractivity contribution < 1.29 is 13.2 Å². The first-order chi connectivity index (χ1) is 14.9. The lowest BCUT2D eigenvalue weighted by atomic mass is 10.3. The van der Waals surface area contributed by atoms with Crippen LogP contribution in [0.2, 0.25) is 0 Å². The second kappa shape index (κ2) is 8.62. The molecule has 0 saturated carbocycles. The lowest BCUT2D eigenvalue weighted by molar-refractivity contribution is 0.262. The summed E-state index contributed by atoms with van der Waals surface area (Å²) in [6.45, 7) is 0. The fourth-order valence-electron chi connectivity index (χ4n) is 2.83. The van der Waals surface area contributed by atoms with Gasteiger partial charge in [-0.3, -0.25) is 4.31 Å². The van der Waals surface area contributed by atoms with E-state index in [1.54, 1.807) is 60.9 Å². The average Bonchev–Trinajstić information content (AvgIpc) is 3.46. The van der Waals surface area contributed by atoms with E-state index in [0.717, 1.165) is 16.2 Å². The Bertz CT molecular complexity index is 1270. The summed E-state index contributed by atoms with van der Waals surface area (Å²) in [7, 11) is -2.24. The van der Waals surface area contributed by atoms with Crippen LogP contribution < -0.4 is 14.9 Å². The number of urea groups is 1. The first-order valence-corrected chi connectivity index (χ1v) is 11.5. The topological polar surface area (TPSA) is 107 Å². The average molecular weight is 454 g/mol. The van der Waals surface area contributed by atoms with Crippen LogP contribution in [0.1, 0.15) is 0 Å². The lowest BCUT2D eigenvalue weighted by Gasteiger charge is -2.19. The maximum atomic E-state index is 13.0. The van der Waals surface area contributed by atoms with E-state index in [0.29, 0.717) is 22.9 Å². The van der Waals surface area contributed by atoms with E-state index in [-0.39, 0.29) is 10.2 Å². The summed E-state index contributed by atoms with van der Waals surface area (Å²) in [5, 5.41) is 5.44. The predicted molar refractivity (Wildman–Crippen MR) is 123 cm³/mol. The van der Waals surface area contributed by atoms with Gasteiger partial charge in [-0.2, -0.15) is 0 Å². The third-order valence-corrected chi connectivity index (χ3v) is 7.79. The number of amides is 2. The van der Waals surface area contributed by atoms with Crippen LogP contribution in [0.25, 0.3) is 10.7 Å². The number of H-pyrrole nitrogens is 1. The minimum absolute atomic E-state index is 0.214. The second-order valence-corrected chi connectivity index (χ2v) is 9.80. The summed E-state index contributed by atoms with van der Waals surface area (Å²) in [5.74, 6) is 0.623. The number of aromatic amines is 1. The Balaban J connectivity index is 1.45. The number of thiophene rings is 1. The van der Waals surface area contributed by atoms with Crippen molar-refractivity contribution in [3.63, 3.8) is 0 Å². The molecule has 2 heterocycles. The van der Waals surface area contributed by atoms with Gasteiger partial charge in [-0.05, 0) is 48.5 Å². The zero-order valence-corrected chi connectivity index (χ0v) is 18.1. The summed E-state index contributed by atoms with van der Waals surface area (Å²) in [4.78, 5) is 20.0. The quantitative estimate of drug-likeness (QED) is 0.396. The van der Waals surface area contributed by atoms with Crippen LogP contribution in [0.4, 0.5) is 21.9 Å². The normalized spacial score (nSPS) is 11.1. The smallest absolute Gasteiger partial charge is 0.323 e. The molecular weight excluding hydrogens is 434 g/mol. The van der Waals surface area contributed by atoms with Gasteiger partial charge in [0.05, 0.1) is 10.6 Å². The number of rotatable bonds is 6. The molecule has 10 heteroatoms. The van der Waals surface area contributed by atoms with Gasteiger partial charge in [0.1, 0.15) is 10.0 Å². The van der Waals surface area contributed by atoms with Gasteiger partial charge in [0, 0.05) is 30.8 Å². The molecule has 2 aromatic carbocycles. The molecule has 0 bridgehead atoms. The van der Waals surface area contributed by atoms with Gasteiger partial charge < -0.3 is 15.6 Å². The van der Waals surface area contributed by atoms with Crippen LogP contribution in [0.5, 0.6) is 0 Å². The molecule has 0 aliphatic carbocycles. The van der Waals surface area contributed by atoms with Crippen molar-refractivity contribution in [3.05, 3.63) is 79.1 Å². The van der Waals surface area contributed by atoms with E-state index in [1.165, 1.54) is 11.4 Å². The standard InChI is InChI=1S/C21H19N5O3S2/c1-26(31(28,29)19-12-11-18(30-19)20-22-13-14-23-20)17-9-7-16(8-10-17)25-21(27)24-15-5-3-2-4-6-15/h2-14H,1H3,(H,22,23)(H2,24,25,27). The molecular formula is C21H19N5O3S2.